The van der Waals surface area contributed by atoms with Gasteiger partial charge in [-0.1, -0.05) is 36.4 Å². The van der Waals surface area contributed by atoms with E-state index in [1.807, 2.05) is 48.5 Å². The van der Waals surface area contributed by atoms with Crippen LogP contribution in [-0.2, 0) is 10.5 Å². The predicted octanol–water partition coefficient (Wildman–Crippen LogP) is 2.38. The van der Waals surface area contributed by atoms with Crippen molar-refractivity contribution in [1.29, 1.82) is 0 Å². The van der Waals surface area contributed by atoms with Crippen molar-refractivity contribution in [1.82, 2.24) is 5.43 Å². The smallest absolute Gasteiger partial charge is 0.293 e. The second kappa shape index (κ2) is 4.61. The van der Waals surface area contributed by atoms with E-state index >= 15 is 0 Å². The number of carbonyl (C=O) groups is 1. The Hall–Kier alpha value is -2.79. The number of benzene rings is 2. The first-order valence-electron chi connectivity index (χ1n) is 7.10. The number of rotatable bonds is 2. The van der Waals surface area contributed by atoms with Gasteiger partial charge in [-0.05, 0) is 18.2 Å². The molecule has 0 aromatic heterocycles. The van der Waals surface area contributed by atoms with Crippen LogP contribution in [0, 0.1) is 0 Å². The lowest BCUT2D eigenvalue weighted by Gasteiger charge is -2.35. The van der Waals surface area contributed by atoms with Crippen molar-refractivity contribution >= 4 is 17.3 Å². The molecule has 4 rings (SSSR count). The largest absolute Gasteiger partial charge is 0.455 e. The van der Waals surface area contributed by atoms with Crippen LogP contribution in [-0.4, -0.2) is 12.5 Å². The molecule has 2 N–H and O–H groups in total. The molecule has 2 aliphatic heterocycles. The van der Waals surface area contributed by atoms with E-state index in [-0.39, 0.29) is 5.91 Å². The number of hydrogen-bond donors (Lipinski definition) is 2. The summed E-state index contributed by atoms with van der Waals surface area (Å²) in [5.41, 5.74) is 7.32. The van der Waals surface area contributed by atoms with Crippen LogP contribution in [0.2, 0.25) is 0 Å². The third-order valence-electron chi connectivity index (χ3n) is 3.96. The van der Waals surface area contributed by atoms with Crippen molar-refractivity contribution < 1.29 is 9.53 Å². The number of hydrogen-bond acceptors (Lipinski definition) is 4. The molecule has 5 nitrogen and oxygen atoms in total. The predicted molar refractivity (Wildman–Crippen MR) is 84.5 cm³/mol. The molecular formula is C17H15N3O2. The quantitative estimate of drug-likeness (QED) is 0.835. The number of ether oxygens (including phenoxy) is 1. The molecular weight excluding hydrogens is 278 g/mol. The Morgan fingerprint density at radius 2 is 1.95 bits per heavy atom. The van der Waals surface area contributed by atoms with Gasteiger partial charge in [0, 0.05) is 12.1 Å². The lowest BCUT2D eigenvalue weighted by Crippen LogP contribution is -2.58. The summed E-state index contributed by atoms with van der Waals surface area (Å²) in [6, 6.07) is 15.1. The molecule has 1 spiro atoms. The number of nitrogens with zero attached hydrogens (tertiary/aromatic N) is 1. The number of carbonyl (C=O) groups excluding carboxylic acids is 1. The minimum Gasteiger partial charge on any atom is -0.455 e. The van der Waals surface area contributed by atoms with E-state index in [9.17, 15) is 4.79 Å². The molecule has 0 bridgehead atoms. The Morgan fingerprint density at radius 1 is 1.18 bits per heavy atom. The van der Waals surface area contributed by atoms with Gasteiger partial charge in [-0.2, -0.15) is 5.43 Å². The fourth-order valence-electron chi connectivity index (χ4n) is 2.96. The molecule has 2 aliphatic rings. The highest BCUT2D eigenvalue weighted by atomic mass is 16.5. The lowest BCUT2D eigenvalue weighted by atomic mass is 10.0. The van der Waals surface area contributed by atoms with Gasteiger partial charge in [0.05, 0.1) is 11.4 Å². The average Bonchev–Trinajstić information content (AvgIpc) is 2.78. The maximum atomic E-state index is 13.0. The molecule has 1 amide bonds. The highest BCUT2D eigenvalue weighted by Gasteiger charge is 2.55. The third kappa shape index (κ3) is 1.60. The summed E-state index contributed by atoms with van der Waals surface area (Å²) in [6.45, 7) is 4.17. The van der Waals surface area contributed by atoms with Crippen molar-refractivity contribution in [2.24, 2.45) is 0 Å². The van der Waals surface area contributed by atoms with Crippen LogP contribution in [0.3, 0.4) is 0 Å². The van der Waals surface area contributed by atoms with Crippen LogP contribution in [0.5, 0.6) is 5.75 Å². The summed E-state index contributed by atoms with van der Waals surface area (Å²) in [6.07, 6.45) is 1.71. The number of amides is 1. The highest BCUT2D eigenvalue weighted by Crippen LogP contribution is 2.44. The van der Waals surface area contributed by atoms with Gasteiger partial charge in [0.15, 0.2) is 0 Å². The molecule has 2 heterocycles. The number of nitrogens with one attached hydrogen (secondary N) is 2. The summed E-state index contributed by atoms with van der Waals surface area (Å²) in [5, 5.41) is 0. The summed E-state index contributed by atoms with van der Waals surface area (Å²) in [4.78, 5) is 14.7. The number of hydrazine groups is 1. The Labute approximate surface area is 128 Å². The van der Waals surface area contributed by atoms with Crippen LogP contribution in [0.15, 0.2) is 61.2 Å². The first-order chi connectivity index (χ1) is 10.8. The van der Waals surface area contributed by atoms with Crippen molar-refractivity contribution in [3.05, 3.63) is 66.7 Å². The number of anilines is 2. The zero-order chi connectivity index (χ0) is 15.2. The van der Waals surface area contributed by atoms with Crippen LogP contribution in [0.25, 0.3) is 0 Å². The molecule has 0 aliphatic carbocycles. The molecule has 0 unspecified atom stereocenters. The summed E-state index contributed by atoms with van der Waals surface area (Å²) < 4.78 is 6.10. The normalized spacial score (nSPS) is 21.8. The van der Waals surface area contributed by atoms with Gasteiger partial charge in [-0.15, -0.1) is 6.58 Å². The highest BCUT2D eigenvalue weighted by molar-refractivity contribution is 6.07. The van der Waals surface area contributed by atoms with Crippen molar-refractivity contribution in [2.75, 3.05) is 16.9 Å². The molecule has 5 heteroatoms. The van der Waals surface area contributed by atoms with E-state index in [2.05, 4.69) is 17.4 Å². The molecule has 22 heavy (non-hydrogen) atoms. The Balaban J connectivity index is 1.86. The lowest BCUT2D eigenvalue weighted by molar-refractivity contribution is -0.136. The van der Waals surface area contributed by atoms with E-state index < -0.39 is 5.72 Å². The van der Waals surface area contributed by atoms with Crippen LogP contribution in [0.1, 0.15) is 5.56 Å². The first-order valence-corrected chi connectivity index (χ1v) is 7.10. The second-order valence-corrected chi connectivity index (χ2v) is 5.25. The Morgan fingerprint density at radius 3 is 2.82 bits per heavy atom. The van der Waals surface area contributed by atoms with Gasteiger partial charge in [0.25, 0.3) is 11.6 Å². The van der Waals surface area contributed by atoms with E-state index in [0.29, 0.717) is 12.3 Å². The SMILES string of the molecule is C=CCN1C(=O)[C@]2(NNc3ccccc3O2)c2ccccc21. The average molecular weight is 293 g/mol. The van der Waals surface area contributed by atoms with Gasteiger partial charge < -0.3 is 15.1 Å². The van der Waals surface area contributed by atoms with E-state index in [1.165, 1.54) is 0 Å². The van der Waals surface area contributed by atoms with Gasteiger partial charge in [-0.3, -0.25) is 4.79 Å². The fraction of sp³-hybridized carbons (Fsp3) is 0.118. The third-order valence-corrected chi connectivity index (χ3v) is 3.96. The van der Waals surface area contributed by atoms with E-state index in [4.69, 9.17) is 4.74 Å². The Kier molecular flexibility index (Phi) is 2.71. The van der Waals surface area contributed by atoms with E-state index in [1.54, 1.807) is 11.0 Å². The van der Waals surface area contributed by atoms with Crippen LogP contribution in [0.4, 0.5) is 11.4 Å². The van der Waals surface area contributed by atoms with Gasteiger partial charge in [-0.25, -0.2) is 0 Å². The van der Waals surface area contributed by atoms with Gasteiger partial charge in [0.2, 0.25) is 0 Å². The molecule has 0 fully saturated rings. The van der Waals surface area contributed by atoms with Crippen LogP contribution < -0.4 is 20.5 Å². The monoisotopic (exact) mass is 293 g/mol. The topological polar surface area (TPSA) is 53.6 Å². The molecule has 2 aromatic carbocycles. The zero-order valence-electron chi connectivity index (χ0n) is 11.9. The molecule has 0 saturated carbocycles. The Bertz CT molecular complexity index is 774. The van der Waals surface area contributed by atoms with Crippen molar-refractivity contribution in [3.63, 3.8) is 0 Å². The zero-order valence-corrected chi connectivity index (χ0v) is 11.9. The minimum atomic E-state index is -1.24. The molecule has 0 saturated heterocycles. The molecule has 2 aromatic rings. The second-order valence-electron chi connectivity index (χ2n) is 5.25. The van der Waals surface area contributed by atoms with E-state index in [0.717, 1.165) is 16.9 Å². The number of fused-ring (bicyclic) bond motifs is 3. The summed E-state index contributed by atoms with van der Waals surface area (Å²) in [7, 11) is 0. The minimum absolute atomic E-state index is 0.157. The summed E-state index contributed by atoms with van der Waals surface area (Å²) >= 11 is 0. The fourth-order valence-corrected chi connectivity index (χ4v) is 2.96. The molecule has 0 radical (unpaired) electrons. The maximum Gasteiger partial charge on any atom is 0.293 e. The van der Waals surface area contributed by atoms with Crippen molar-refractivity contribution in [2.45, 2.75) is 5.72 Å². The van der Waals surface area contributed by atoms with Crippen LogP contribution >= 0.6 is 0 Å². The first kappa shape index (κ1) is 12.9. The summed E-state index contributed by atoms with van der Waals surface area (Å²) in [5.74, 6) is 0.487. The molecule has 110 valence electrons. The van der Waals surface area contributed by atoms with Crippen molar-refractivity contribution in [3.8, 4) is 5.75 Å². The molecule has 1 atom stereocenters. The standard InChI is InChI=1S/C17H15N3O2/c1-2-11-20-14-9-5-3-7-12(14)17(16(20)21)19-18-13-8-4-6-10-15(13)22-17/h2-10,18-19H,1,11H2/t17-/m0/s1. The van der Waals surface area contributed by atoms with Gasteiger partial charge >= 0.3 is 0 Å². The number of para-hydroxylation sites is 3. The maximum absolute atomic E-state index is 13.0. The van der Waals surface area contributed by atoms with Gasteiger partial charge in [0.1, 0.15) is 5.75 Å².